The normalized spacial score (nSPS) is 11.5. The van der Waals surface area contributed by atoms with Gasteiger partial charge in [0.2, 0.25) is 10.0 Å². The van der Waals surface area contributed by atoms with Crippen molar-refractivity contribution in [2.24, 2.45) is 0 Å². The van der Waals surface area contributed by atoms with Gasteiger partial charge in [0.05, 0.1) is 10.7 Å². The summed E-state index contributed by atoms with van der Waals surface area (Å²) >= 11 is 11.7. The van der Waals surface area contributed by atoms with Crippen LogP contribution in [-0.4, -0.2) is 8.42 Å². The molecule has 0 amide bonds. The molecule has 0 radical (unpaired) electrons. The van der Waals surface area contributed by atoms with E-state index in [0.717, 1.165) is 5.56 Å². The minimum absolute atomic E-state index is 0.0867. The zero-order chi connectivity index (χ0) is 14.8. The maximum Gasteiger partial charge on any atom is 0.244 e. The van der Waals surface area contributed by atoms with Crippen LogP contribution in [0.1, 0.15) is 5.56 Å². The standard InChI is InChI=1S/C13H12Cl2N2O2S/c14-10-4-1-3-9(7-10)8-17-20(18,19)13-11(15)5-2-6-12(13)16/h1-7,17H,8,16H2. The van der Waals surface area contributed by atoms with Crippen molar-refractivity contribution < 1.29 is 8.42 Å². The number of hydrogen-bond acceptors (Lipinski definition) is 3. The minimum atomic E-state index is -3.78. The third kappa shape index (κ3) is 3.43. The summed E-state index contributed by atoms with van der Waals surface area (Å²) in [6.07, 6.45) is 0. The van der Waals surface area contributed by atoms with Gasteiger partial charge in [-0.15, -0.1) is 0 Å². The van der Waals surface area contributed by atoms with E-state index in [1.807, 2.05) is 0 Å². The summed E-state index contributed by atoms with van der Waals surface area (Å²) in [5.41, 5.74) is 6.53. The maximum atomic E-state index is 12.2. The maximum absolute atomic E-state index is 12.2. The second-order valence-electron chi connectivity index (χ2n) is 4.11. The molecule has 0 unspecified atom stereocenters. The number of hydrogen-bond donors (Lipinski definition) is 2. The molecule has 0 aliphatic carbocycles. The number of halogens is 2. The van der Waals surface area contributed by atoms with E-state index >= 15 is 0 Å². The average Bonchev–Trinajstić information content (AvgIpc) is 2.36. The molecule has 0 aliphatic rings. The number of anilines is 1. The van der Waals surface area contributed by atoms with Gasteiger partial charge >= 0.3 is 0 Å². The fourth-order valence-corrected chi connectivity index (χ4v) is 3.61. The second kappa shape index (κ2) is 6.01. The number of sulfonamides is 1. The van der Waals surface area contributed by atoms with Crippen LogP contribution in [0.2, 0.25) is 10.0 Å². The second-order valence-corrected chi connectivity index (χ2v) is 6.66. The van der Waals surface area contributed by atoms with Gasteiger partial charge in [0.25, 0.3) is 0 Å². The first kappa shape index (κ1) is 15.1. The molecule has 0 fully saturated rings. The Morgan fingerprint density at radius 2 is 1.80 bits per heavy atom. The SMILES string of the molecule is Nc1cccc(Cl)c1S(=O)(=O)NCc1cccc(Cl)c1. The van der Waals surface area contributed by atoms with Crippen molar-refractivity contribution in [2.45, 2.75) is 11.4 Å². The highest BCUT2D eigenvalue weighted by molar-refractivity contribution is 7.89. The minimum Gasteiger partial charge on any atom is -0.398 e. The fourth-order valence-electron chi connectivity index (χ4n) is 1.71. The van der Waals surface area contributed by atoms with Crippen molar-refractivity contribution in [1.29, 1.82) is 0 Å². The Morgan fingerprint density at radius 1 is 1.10 bits per heavy atom. The first-order valence-electron chi connectivity index (χ1n) is 5.68. The number of nitrogens with one attached hydrogen (secondary N) is 1. The highest BCUT2D eigenvalue weighted by atomic mass is 35.5. The van der Waals surface area contributed by atoms with E-state index in [1.165, 1.54) is 12.1 Å². The summed E-state index contributed by atoms with van der Waals surface area (Å²) in [6.45, 7) is 0.105. The van der Waals surface area contributed by atoms with Crippen molar-refractivity contribution in [3.8, 4) is 0 Å². The first-order chi connectivity index (χ1) is 9.40. The molecule has 0 atom stereocenters. The number of nitrogen functional groups attached to an aromatic ring is 1. The van der Waals surface area contributed by atoms with Crippen molar-refractivity contribution >= 4 is 38.9 Å². The Morgan fingerprint density at radius 3 is 2.45 bits per heavy atom. The van der Waals surface area contributed by atoms with Gasteiger partial charge in [-0.1, -0.05) is 41.4 Å². The quantitative estimate of drug-likeness (QED) is 0.846. The average molecular weight is 331 g/mol. The molecular weight excluding hydrogens is 319 g/mol. The molecule has 7 heteroatoms. The third-order valence-corrected chi connectivity index (χ3v) is 4.80. The Balaban J connectivity index is 2.24. The zero-order valence-corrected chi connectivity index (χ0v) is 12.6. The van der Waals surface area contributed by atoms with E-state index in [2.05, 4.69) is 4.72 Å². The molecule has 20 heavy (non-hydrogen) atoms. The molecule has 2 aromatic carbocycles. The van der Waals surface area contributed by atoms with Gasteiger partial charge in [0.1, 0.15) is 4.90 Å². The van der Waals surface area contributed by atoms with E-state index < -0.39 is 10.0 Å². The lowest BCUT2D eigenvalue weighted by Crippen LogP contribution is -2.24. The van der Waals surface area contributed by atoms with Crippen LogP contribution >= 0.6 is 23.2 Å². The van der Waals surface area contributed by atoms with Gasteiger partial charge < -0.3 is 5.73 Å². The zero-order valence-electron chi connectivity index (χ0n) is 10.3. The van der Waals surface area contributed by atoms with Crippen molar-refractivity contribution in [2.75, 3.05) is 5.73 Å². The van der Waals surface area contributed by atoms with E-state index in [0.29, 0.717) is 5.02 Å². The molecule has 0 aliphatic heterocycles. The van der Waals surface area contributed by atoms with Crippen LogP contribution in [0.5, 0.6) is 0 Å². The molecule has 0 saturated heterocycles. The summed E-state index contributed by atoms with van der Waals surface area (Å²) in [5, 5.41) is 0.627. The molecule has 2 aromatic rings. The molecule has 0 bridgehead atoms. The third-order valence-electron chi connectivity index (χ3n) is 2.62. The number of benzene rings is 2. The van der Waals surface area contributed by atoms with Gasteiger partial charge in [-0.2, -0.15) is 0 Å². The van der Waals surface area contributed by atoms with Crippen molar-refractivity contribution in [1.82, 2.24) is 4.72 Å². The predicted molar refractivity (Wildman–Crippen MR) is 81.3 cm³/mol. The molecule has 0 heterocycles. The lowest BCUT2D eigenvalue weighted by Gasteiger charge is -2.10. The molecule has 3 N–H and O–H groups in total. The van der Waals surface area contributed by atoms with E-state index in [4.69, 9.17) is 28.9 Å². The Kier molecular flexibility index (Phi) is 4.55. The number of nitrogens with two attached hydrogens (primary N) is 1. The van der Waals surface area contributed by atoms with Gasteiger partial charge in [-0.05, 0) is 29.8 Å². The molecule has 0 spiro atoms. The van der Waals surface area contributed by atoms with Crippen LogP contribution in [0.3, 0.4) is 0 Å². The van der Waals surface area contributed by atoms with E-state index in [1.54, 1.807) is 30.3 Å². The largest absolute Gasteiger partial charge is 0.398 e. The molecular formula is C13H12Cl2N2O2S. The van der Waals surface area contributed by atoms with Crippen LogP contribution in [0, 0.1) is 0 Å². The monoisotopic (exact) mass is 330 g/mol. The molecule has 4 nitrogen and oxygen atoms in total. The van der Waals surface area contributed by atoms with Gasteiger partial charge in [-0.25, -0.2) is 13.1 Å². The topological polar surface area (TPSA) is 72.2 Å². The Bertz CT molecular complexity index is 713. The van der Waals surface area contributed by atoms with Gasteiger partial charge in [-0.3, -0.25) is 0 Å². The number of rotatable bonds is 4. The predicted octanol–water partition coefficient (Wildman–Crippen LogP) is 3.05. The summed E-state index contributed by atoms with van der Waals surface area (Å²) in [4.78, 5) is -0.108. The molecule has 0 aromatic heterocycles. The Hall–Kier alpha value is -1.27. The highest BCUT2D eigenvalue weighted by Gasteiger charge is 2.20. The molecule has 106 valence electrons. The summed E-state index contributed by atoms with van der Waals surface area (Å²) in [6, 6.07) is 11.5. The van der Waals surface area contributed by atoms with Gasteiger partial charge in [0, 0.05) is 11.6 Å². The van der Waals surface area contributed by atoms with Crippen LogP contribution in [0.25, 0.3) is 0 Å². The summed E-state index contributed by atoms with van der Waals surface area (Å²) in [7, 11) is -3.78. The fraction of sp³-hybridized carbons (Fsp3) is 0.0769. The van der Waals surface area contributed by atoms with Gasteiger partial charge in [0.15, 0.2) is 0 Å². The van der Waals surface area contributed by atoms with E-state index in [9.17, 15) is 8.42 Å². The molecule has 0 saturated carbocycles. The van der Waals surface area contributed by atoms with Crippen molar-refractivity contribution in [3.63, 3.8) is 0 Å². The lowest BCUT2D eigenvalue weighted by molar-refractivity contribution is 0.582. The molecule has 2 rings (SSSR count). The van der Waals surface area contributed by atoms with Crippen LogP contribution in [0.15, 0.2) is 47.4 Å². The lowest BCUT2D eigenvalue weighted by atomic mass is 10.2. The summed E-state index contributed by atoms with van der Waals surface area (Å²) < 4.78 is 26.9. The van der Waals surface area contributed by atoms with Crippen molar-refractivity contribution in [3.05, 3.63) is 58.1 Å². The Labute approximate surface area is 127 Å². The highest BCUT2D eigenvalue weighted by Crippen LogP contribution is 2.27. The van der Waals surface area contributed by atoms with Crippen LogP contribution < -0.4 is 10.5 Å². The van der Waals surface area contributed by atoms with Crippen LogP contribution in [0.4, 0.5) is 5.69 Å². The van der Waals surface area contributed by atoms with Crippen LogP contribution in [-0.2, 0) is 16.6 Å². The smallest absolute Gasteiger partial charge is 0.244 e. The first-order valence-corrected chi connectivity index (χ1v) is 7.92. The van der Waals surface area contributed by atoms with E-state index in [-0.39, 0.29) is 22.2 Å². The summed E-state index contributed by atoms with van der Waals surface area (Å²) in [5.74, 6) is 0.